The molecule has 23 heavy (non-hydrogen) atoms. The molecule has 0 unspecified atom stereocenters. The Bertz CT molecular complexity index is 529. The molecule has 7 heteroatoms. The summed E-state index contributed by atoms with van der Waals surface area (Å²) in [7, 11) is 1.29. The number of hydrogen-bond acceptors (Lipinski definition) is 4. The molecule has 0 aliphatic carbocycles. The minimum Gasteiger partial charge on any atom is -0.453 e. The second kappa shape index (κ2) is 10.2. The number of methoxy groups -OCH3 is 1. The predicted molar refractivity (Wildman–Crippen MR) is 88.3 cm³/mol. The average Bonchev–Trinajstić information content (AvgIpc) is 2.52. The molecule has 1 aromatic rings. The predicted octanol–water partition coefficient (Wildman–Crippen LogP) is 2.50. The molecule has 0 spiro atoms. The second-order valence-electron chi connectivity index (χ2n) is 5.04. The van der Waals surface area contributed by atoms with E-state index in [1.807, 2.05) is 0 Å². The summed E-state index contributed by atoms with van der Waals surface area (Å²) in [4.78, 5) is 33.5. The maximum atomic E-state index is 11.8. The number of benzene rings is 1. The van der Waals surface area contributed by atoms with Gasteiger partial charge in [-0.25, -0.2) is 4.79 Å². The van der Waals surface area contributed by atoms with E-state index in [0.29, 0.717) is 24.3 Å². The van der Waals surface area contributed by atoms with Crippen molar-refractivity contribution in [2.45, 2.75) is 32.6 Å². The Morgan fingerprint density at radius 3 is 2.13 bits per heavy atom. The Morgan fingerprint density at radius 1 is 0.957 bits per heavy atom. The van der Waals surface area contributed by atoms with Gasteiger partial charge in [0.1, 0.15) is 0 Å². The van der Waals surface area contributed by atoms with Gasteiger partial charge in [0, 0.05) is 31.3 Å². The fourth-order valence-corrected chi connectivity index (χ4v) is 1.88. The van der Waals surface area contributed by atoms with Crippen LogP contribution in [0.2, 0.25) is 0 Å². The highest BCUT2D eigenvalue weighted by Gasteiger charge is 2.04. The lowest BCUT2D eigenvalue weighted by atomic mass is 10.2. The van der Waals surface area contributed by atoms with Crippen molar-refractivity contribution in [3.63, 3.8) is 0 Å². The van der Waals surface area contributed by atoms with Crippen LogP contribution in [0.25, 0.3) is 0 Å². The molecule has 0 bridgehead atoms. The van der Waals surface area contributed by atoms with Crippen molar-refractivity contribution in [2.24, 2.45) is 0 Å². The van der Waals surface area contributed by atoms with Crippen molar-refractivity contribution in [3.05, 3.63) is 24.3 Å². The van der Waals surface area contributed by atoms with E-state index in [1.54, 1.807) is 24.3 Å². The monoisotopic (exact) mass is 321 g/mol. The molecule has 0 aliphatic heterocycles. The number of ether oxygens (including phenoxy) is 1. The van der Waals surface area contributed by atoms with Crippen LogP contribution in [-0.2, 0) is 14.3 Å². The summed E-state index contributed by atoms with van der Waals surface area (Å²) >= 11 is 0. The topological polar surface area (TPSA) is 96.5 Å². The Labute approximate surface area is 135 Å². The molecule has 1 aromatic carbocycles. The first-order valence-corrected chi connectivity index (χ1v) is 7.50. The fraction of sp³-hybridized carbons (Fsp3) is 0.438. The van der Waals surface area contributed by atoms with Crippen molar-refractivity contribution in [2.75, 3.05) is 24.3 Å². The Hall–Kier alpha value is -2.57. The van der Waals surface area contributed by atoms with Crippen molar-refractivity contribution < 1.29 is 19.1 Å². The molecular formula is C16H23N3O4. The molecule has 0 atom stereocenters. The number of hydrogen-bond donors (Lipinski definition) is 3. The molecule has 0 fully saturated rings. The van der Waals surface area contributed by atoms with E-state index < -0.39 is 6.09 Å². The van der Waals surface area contributed by atoms with E-state index in [9.17, 15) is 14.4 Å². The number of nitrogens with one attached hydrogen (secondary N) is 3. The van der Waals surface area contributed by atoms with E-state index in [1.165, 1.54) is 14.0 Å². The summed E-state index contributed by atoms with van der Waals surface area (Å²) in [5.74, 6) is -0.0916. The van der Waals surface area contributed by atoms with Gasteiger partial charge in [-0.05, 0) is 37.1 Å². The molecular weight excluding hydrogens is 298 g/mol. The van der Waals surface area contributed by atoms with Crippen LogP contribution in [0.15, 0.2) is 24.3 Å². The lowest BCUT2D eigenvalue weighted by Gasteiger charge is -2.07. The zero-order chi connectivity index (χ0) is 17.1. The largest absolute Gasteiger partial charge is 0.453 e. The van der Waals surface area contributed by atoms with Crippen molar-refractivity contribution in [1.29, 1.82) is 0 Å². The second-order valence-corrected chi connectivity index (χ2v) is 5.04. The van der Waals surface area contributed by atoms with Crippen LogP contribution < -0.4 is 16.0 Å². The zero-order valence-electron chi connectivity index (χ0n) is 13.5. The summed E-state index contributed by atoms with van der Waals surface area (Å²) in [5, 5.41) is 8.04. The minimum atomic E-state index is -0.541. The van der Waals surface area contributed by atoms with Gasteiger partial charge in [-0.2, -0.15) is 0 Å². The number of anilines is 2. The average molecular weight is 321 g/mol. The standard InChI is InChI=1S/C16H23N3O4/c1-12(20)17-11-5-3-4-6-15(21)18-13-7-9-14(10-8-13)19-16(22)23-2/h7-10H,3-6,11H2,1-2H3,(H,17,20)(H,18,21)(H,19,22). The lowest BCUT2D eigenvalue weighted by molar-refractivity contribution is -0.119. The molecule has 0 heterocycles. The van der Waals surface area contributed by atoms with Crippen molar-refractivity contribution in [1.82, 2.24) is 5.32 Å². The summed E-state index contributed by atoms with van der Waals surface area (Å²) < 4.78 is 4.49. The zero-order valence-corrected chi connectivity index (χ0v) is 13.5. The maximum absolute atomic E-state index is 11.8. The maximum Gasteiger partial charge on any atom is 0.411 e. The van der Waals surface area contributed by atoms with Gasteiger partial charge < -0.3 is 15.4 Å². The molecule has 7 nitrogen and oxygen atoms in total. The quantitative estimate of drug-likeness (QED) is 0.641. The molecule has 0 aromatic heterocycles. The van der Waals surface area contributed by atoms with E-state index in [4.69, 9.17) is 0 Å². The van der Waals surface area contributed by atoms with Crippen LogP contribution >= 0.6 is 0 Å². The van der Waals surface area contributed by atoms with Gasteiger partial charge in [0.2, 0.25) is 11.8 Å². The van der Waals surface area contributed by atoms with Crippen LogP contribution in [0.5, 0.6) is 0 Å². The summed E-state index contributed by atoms with van der Waals surface area (Å²) in [6.07, 6.45) is 2.41. The molecule has 3 N–H and O–H groups in total. The van der Waals surface area contributed by atoms with Crippen LogP contribution in [0, 0.1) is 0 Å². The van der Waals surface area contributed by atoms with Crippen LogP contribution in [-0.4, -0.2) is 31.6 Å². The third-order valence-electron chi connectivity index (χ3n) is 3.06. The number of rotatable bonds is 8. The third kappa shape index (κ3) is 8.45. The van der Waals surface area contributed by atoms with Crippen LogP contribution in [0.1, 0.15) is 32.6 Å². The molecule has 1 rings (SSSR count). The molecule has 0 saturated heterocycles. The van der Waals surface area contributed by atoms with E-state index in [0.717, 1.165) is 19.3 Å². The number of amides is 3. The number of unbranched alkanes of at least 4 members (excludes halogenated alkanes) is 2. The molecule has 126 valence electrons. The van der Waals surface area contributed by atoms with Crippen molar-refractivity contribution >= 4 is 29.3 Å². The van der Waals surface area contributed by atoms with Gasteiger partial charge in [0.05, 0.1) is 7.11 Å². The van der Waals surface area contributed by atoms with Gasteiger partial charge in [-0.15, -0.1) is 0 Å². The van der Waals surface area contributed by atoms with Crippen LogP contribution in [0.3, 0.4) is 0 Å². The third-order valence-corrected chi connectivity index (χ3v) is 3.06. The van der Waals surface area contributed by atoms with E-state index >= 15 is 0 Å². The highest BCUT2D eigenvalue weighted by molar-refractivity contribution is 5.91. The highest BCUT2D eigenvalue weighted by atomic mass is 16.5. The molecule has 0 aliphatic rings. The fourth-order valence-electron chi connectivity index (χ4n) is 1.88. The van der Waals surface area contributed by atoms with Crippen molar-refractivity contribution in [3.8, 4) is 0 Å². The van der Waals surface area contributed by atoms with Crippen LogP contribution in [0.4, 0.5) is 16.2 Å². The smallest absolute Gasteiger partial charge is 0.411 e. The highest BCUT2D eigenvalue weighted by Crippen LogP contribution is 2.14. The van der Waals surface area contributed by atoms with Gasteiger partial charge in [-0.1, -0.05) is 6.42 Å². The Balaban J connectivity index is 2.23. The Morgan fingerprint density at radius 2 is 1.57 bits per heavy atom. The summed E-state index contributed by atoms with van der Waals surface area (Å²) in [6.45, 7) is 2.13. The molecule has 3 amide bonds. The van der Waals surface area contributed by atoms with Gasteiger partial charge in [-0.3, -0.25) is 14.9 Å². The first kappa shape index (κ1) is 18.5. The molecule has 0 saturated carbocycles. The number of carbonyl (C=O) groups excluding carboxylic acids is 3. The molecule has 0 radical (unpaired) electrons. The van der Waals surface area contributed by atoms with Gasteiger partial charge in [0.15, 0.2) is 0 Å². The number of carbonyl (C=O) groups is 3. The normalized spacial score (nSPS) is 9.83. The first-order chi connectivity index (χ1) is 11.0. The van der Waals surface area contributed by atoms with E-state index in [-0.39, 0.29) is 11.8 Å². The van der Waals surface area contributed by atoms with E-state index in [2.05, 4.69) is 20.7 Å². The van der Waals surface area contributed by atoms with Gasteiger partial charge in [0.25, 0.3) is 0 Å². The Kier molecular flexibility index (Phi) is 8.20. The summed E-state index contributed by atoms with van der Waals surface area (Å²) in [6, 6.07) is 6.78. The SMILES string of the molecule is COC(=O)Nc1ccc(NC(=O)CCCCCNC(C)=O)cc1. The first-order valence-electron chi connectivity index (χ1n) is 7.50. The minimum absolute atomic E-state index is 0.0344. The van der Waals surface area contributed by atoms with Gasteiger partial charge >= 0.3 is 6.09 Å². The summed E-state index contributed by atoms with van der Waals surface area (Å²) in [5.41, 5.74) is 1.26. The lowest BCUT2D eigenvalue weighted by Crippen LogP contribution is -2.20.